The number of benzene rings is 2. The van der Waals surface area contributed by atoms with E-state index in [9.17, 15) is 14.4 Å². The van der Waals surface area contributed by atoms with Crippen LogP contribution in [0.4, 0.5) is 5.69 Å². The van der Waals surface area contributed by atoms with Gasteiger partial charge in [-0.2, -0.15) is 9.61 Å². The van der Waals surface area contributed by atoms with E-state index >= 15 is 0 Å². The SMILES string of the molecule is CCCCc1nn2c(=O)cc(COC(=O)c3ccc(NC(=O)c4ccc(OC)cc4)cc3)nc2s1. The van der Waals surface area contributed by atoms with Crippen molar-refractivity contribution in [3.05, 3.63) is 86.8 Å². The van der Waals surface area contributed by atoms with Gasteiger partial charge in [-0.3, -0.25) is 9.59 Å². The van der Waals surface area contributed by atoms with Crippen LogP contribution in [0.25, 0.3) is 4.96 Å². The second-order valence-electron chi connectivity index (χ2n) is 7.72. The summed E-state index contributed by atoms with van der Waals surface area (Å²) < 4.78 is 11.7. The molecule has 2 heterocycles. The highest BCUT2D eigenvalue weighted by Crippen LogP contribution is 2.17. The first kappa shape index (κ1) is 24.1. The maximum absolute atomic E-state index is 12.5. The number of amides is 1. The van der Waals surface area contributed by atoms with Crippen molar-refractivity contribution in [3.63, 3.8) is 0 Å². The summed E-state index contributed by atoms with van der Waals surface area (Å²) in [7, 11) is 1.56. The van der Waals surface area contributed by atoms with Gasteiger partial charge >= 0.3 is 5.97 Å². The third-order valence-electron chi connectivity index (χ3n) is 5.17. The van der Waals surface area contributed by atoms with Gasteiger partial charge in [0.15, 0.2) is 0 Å². The van der Waals surface area contributed by atoms with Crippen LogP contribution in [0.2, 0.25) is 0 Å². The highest BCUT2D eigenvalue weighted by atomic mass is 32.1. The Kier molecular flexibility index (Phi) is 7.51. The summed E-state index contributed by atoms with van der Waals surface area (Å²) in [6.07, 6.45) is 2.82. The number of ether oxygens (including phenoxy) is 2. The average molecular weight is 493 g/mol. The van der Waals surface area contributed by atoms with Crippen molar-refractivity contribution >= 4 is 33.9 Å². The first-order chi connectivity index (χ1) is 17.0. The molecule has 10 heteroatoms. The van der Waals surface area contributed by atoms with Gasteiger partial charge in [0.05, 0.1) is 18.4 Å². The molecule has 4 aromatic rings. The molecular weight excluding hydrogens is 468 g/mol. The van der Waals surface area contributed by atoms with Crippen molar-refractivity contribution in [3.8, 4) is 5.75 Å². The lowest BCUT2D eigenvalue weighted by Gasteiger charge is -2.08. The number of nitrogens with one attached hydrogen (secondary N) is 1. The minimum Gasteiger partial charge on any atom is -0.497 e. The molecule has 2 aromatic heterocycles. The fourth-order valence-electron chi connectivity index (χ4n) is 3.26. The Morgan fingerprint density at radius 1 is 1.06 bits per heavy atom. The highest BCUT2D eigenvalue weighted by molar-refractivity contribution is 7.16. The van der Waals surface area contributed by atoms with E-state index in [0.717, 1.165) is 24.3 Å². The first-order valence-electron chi connectivity index (χ1n) is 11.1. The molecule has 0 unspecified atom stereocenters. The fraction of sp³-hybridized carbons (Fsp3) is 0.240. The Hall–Kier alpha value is -4.05. The molecule has 1 amide bonds. The summed E-state index contributed by atoms with van der Waals surface area (Å²) in [4.78, 5) is 42.1. The number of aryl methyl sites for hydroxylation is 1. The van der Waals surface area contributed by atoms with Crippen molar-refractivity contribution < 1.29 is 19.1 Å². The number of aromatic nitrogens is 3. The van der Waals surface area contributed by atoms with Gasteiger partial charge in [0.25, 0.3) is 11.5 Å². The van der Waals surface area contributed by atoms with Gasteiger partial charge in [0, 0.05) is 23.7 Å². The number of methoxy groups -OCH3 is 1. The van der Waals surface area contributed by atoms with Crippen LogP contribution < -0.4 is 15.6 Å². The zero-order valence-electron chi connectivity index (χ0n) is 19.3. The summed E-state index contributed by atoms with van der Waals surface area (Å²) >= 11 is 1.36. The average Bonchev–Trinajstić information content (AvgIpc) is 3.30. The van der Waals surface area contributed by atoms with E-state index < -0.39 is 5.97 Å². The number of unbranched alkanes of at least 4 members (excludes halogenated alkanes) is 1. The molecule has 0 atom stereocenters. The molecule has 35 heavy (non-hydrogen) atoms. The molecule has 9 nitrogen and oxygen atoms in total. The van der Waals surface area contributed by atoms with Crippen LogP contribution in [0.15, 0.2) is 59.4 Å². The van der Waals surface area contributed by atoms with Crippen LogP contribution in [0, 0.1) is 0 Å². The predicted molar refractivity (Wildman–Crippen MR) is 132 cm³/mol. The Morgan fingerprint density at radius 3 is 2.46 bits per heavy atom. The number of anilines is 1. The van der Waals surface area contributed by atoms with Crippen molar-refractivity contribution in [2.45, 2.75) is 32.8 Å². The van der Waals surface area contributed by atoms with Gasteiger partial charge in [-0.1, -0.05) is 24.7 Å². The van der Waals surface area contributed by atoms with Gasteiger partial charge < -0.3 is 14.8 Å². The van der Waals surface area contributed by atoms with Gasteiger partial charge in [-0.25, -0.2) is 9.78 Å². The molecular formula is C25H24N4O5S. The summed E-state index contributed by atoms with van der Waals surface area (Å²) in [5, 5.41) is 7.93. The Balaban J connectivity index is 1.36. The zero-order valence-corrected chi connectivity index (χ0v) is 20.1. The Labute approximate surface area is 205 Å². The number of rotatable bonds is 9. The number of hydrogen-bond acceptors (Lipinski definition) is 8. The molecule has 0 bridgehead atoms. The lowest BCUT2D eigenvalue weighted by Crippen LogP contribution is -2.16. The van der Waals surface area contributed by atoms with Gasteiger partial charge in [0.2, 0.25) is 4.96 Å². The van der Waals surface area contributed by atoms with Crippen molar-refractivity contribution in [1.82, 2.24) is 14.6 Å². The number of esters is 1. The predicted octanol–water partition coefficient (Wildman–Crippen LogP) is 4.11. The maximum Gasteiger partial charge on any atom is 0.338 e. The van der Waals surface area contributed by atoms with Gasteiger partial charge in [-0.15, -0.1) is 0 Å². The van der Waals surface area contributed by atoms with E-state index in [0.29, 0.717) is 33.2 Å². The van der Waals surface area contributed by atoms with Crippen LogP contribution in [0.1, 0.15) is 51.2 Å². The monoisotopic (exact) mass is 492 g/mol. The van der Waals surface area contributed by atoms with Crippen LogP contribution >= 0.6 is 11.3 Å². The molecule has 0 spiro atoms. The third kappa shape index (κ3) is 5.90. The minimum absolute atomic E-state index is 0.136. The summed E-state index contributed by atoms with van der Waals surface area (Å²) in [6.45, 7) is 1.96. The molecule has 0 fully saturated rings. The quantitative estimate of drug-likeness (QED) is 0.350. The second-order valence-corrected chi connectivity index (χ2v) is 8.76. The molecule has 0 saturated heterocycles. The number of hydrogen-bond donors (Lipinski definition) is 1. The van der Waals surface area contributed by atoms with Crippen LogP contribution in [0.5, 0.6) is 5.75 Å². The van der Waals surface area contributed by atoms with E-state index in [4.69, 9.17) is 9.47 Å². The van der Waals surface area contributed by atoms with E-state index in [-0.39, 0.29) is 18.1 Å². The summed E-state index contributed by atoms with van der Waals surface area (Å²) in [6, 6.07) is 14.4. The minimum atomic E-state index is -0.562. The van der Waals surface area contributed by atoms with Gasteiger partial charge in [-0.05, 0) is 55.0 Å². The van der Waals surface area contributed by atoms with Crippen molar-refractivity contribution in [2.24, 2.45) is 0 Å². The molecule has 180 valence electrons. The van der Waals surface area contributed by atoms with Crippen LogP contribution in [0.3, 0.4) is 0 Å². The van der Waals surface area contributed by atoms with E-state index in [1.54, 1.807) is 55.6 Å². The smallest absolute Gasteiger partial charge is 0.338 e. The van der Waals surface area contributed by atoms with Crippen molar-refractivity contribution in [1.29, 1.82) is 0 Å². The van der Waals surface area contributed by atoms with Gasteiger partial charge in [0.1, 0.15) is 17.4 Å². The van der Waals surface area contributed by atoms with E-state index in [2.05, 4.69) is 22.3 Å². The Morgan fingerprint density at radius 2 is 1.77 bits per heavy atom. The zero-order chi connectivity index (χ0) is 24.8. The van der Waals surface area contributed by atoms with E-state index in [1.807, 2.05) is 0 Å². The molecule has 2 aromatic carbocycles. The van der Waals surface area contributed by atoms with Crippen LogP contribution in [-0.4, -0.2) is 33.6 Å². The summed E-state index contributed by atoms with van der Waals surface area (Å²) in [5.41, 5.74) is 1.37. The maximum atomic E-state index is 12.5. The fourth-order valence-corrected chi connectivity index (χ4v) is 4.22. The topological polar surface area (TPSA) is 112 Å². The molecule has 4 rings (SSSR count). The first-order valence-corrected chi connectivity index (χ1v) is 11.9. The lowest BCUT2D eigenvalue weighted by atomic mass is 10.1. The third-order valence-corrected chi connectivity index (χ3v) is 6.13. The number of carbonyl (C=O) groups is 2. The molecule has 0 radical (unpaired) electrons. The molecule has 0 saturated carbocycles. The van der Waals surface area contributed by atoms with E-state index in [1.165, 1.54) is 21.9 Å². The normalized spacial score (nSPS) is 10.8. The standard InChI is InChI=1S/C25H24N4O5S/c1-3-4-5-21-28-29-22(30)14-19(27-25(29)35-21)15-34-24(32)17-6-10-18(11-7-17)26-23(31)16-8-12-20(33-2)13-9-16/h6-14H,3-5,15H2,1-2H3,(H,26,31). The Bertz CT molecular complexity index is 1390. The molecule has 0 aliphatic carbocycles. The molecule has 0 aliphatic rings. The van der Waals surface area contributed by atoms with Crippen LogP contribution in [-0.2, 0) is 17.8 Å². The second kappa shape index (κ2) is 10.9. The summed E-state index contributed by atoms with van der Waals surface area (Å²) in [5.74, 6) is -0.182. The number of fused-ring (bicyclic) bond motifs is 1. The lowest BCUT2D eigenvalue weighted by molar-refractivity contribution is 0.0467. The highest BCUT2D eigenvalue weighted by Gasteiger charge is 2.13. The molecule has 1 N–H and O–H groups in total. The largest absolute Gasteiger partial charge is 0.497 e. The molecule has 0 aliphatic heterocycles. The van der Waals surface area contributed by atoms with Crippen molar-refractivity contribution in [2.75, 3.05) is 12.4 Å². The number of nitrogens with zero attached hydrogens (tertiary/aromatic N) is 3. The number of carbonyl (C=O) groups excluding carboxylic acids is 2.